The SMILES string of the molecule is Cc1ccc(C(=O)[C@H](O)[C@H](O)CCCc2ccccc2)cc1. The molecule has 0 aliphatic carbocycles. The lowest BCUT2D eigenvalue weighted by Crippen LogP contribution is -2.34. The third kappa shape index (κ3) is 4.52. The normalized spacial score (nSPS) is 13.6. The Labute approximate surface area is 131 Å². The Morgan fingerprint density at radius 1 is 1.00 bits per heavy atom. The van der Waals surface area contributed by atoms with Crippen molar-refractivity contribution in [1.82, 2.24) is 0 Å². The molecular weight excluding hydrogens is 276 g/mol. The third-order valence-electron chi connectivity index (χ3n) is 3.78. The molecule has 0 aromatic heterocycles. The number of benzene rings is 2. The molecule has 0 aliphatic rings. The van der Waals surface area contributed by atoms with Crippen LogP contribution in [0.5, 0.6) is 0 Å². The van der Waals surface area contributed by atoms with Gasteiger partial charge in [0, 0.05) is 5.56 Å². The first-order valence-electron chi connectivity index (χ1n) is 7.59. The van der Waals surface area contributed by atoms with Crippen molar-refractivity contribution < 1.29 is 15.0 Å². The summed E-state index contributed by atoms with van der Waals surface area (Å²) in [5.74, 6) is -0.424. The minimum absolute atomic E-state index is 0.396. The summed E-state index contributed by atoms with van der Waals surface area (Å²) < 4.78 is 0. The van der Waals surface area contributed by atoms with Gasteiger partial charge < -0.3 is 10.2 Å². The number of carbonyl (C=O) groups excluding carboxylic acids is 1. The molecule has 3 heteroatoms. The Morgan fingerprint density at radius 3 is 2.27 bits per heavy atom. The highest BCUT2D eigenvalue weighted by molar-refractivity contribution is 5.99. The number of Topliss-reactive ketones (excluding diaryl/α,β-unsaturated/α-hetero) is 1. The van der Waals surface area contributed by atoms with E-state index in [4.69, 9.17) is 0 Å². The van der Waals surface area contributed by atoms with E-state index in [2.05, 4.69) is 0 Å². The first kappa shape index (κ1) is 16.4. The van der Waals surface area contributed by atoms with Crippen molar-refractivity contribution in [2.45, 2.75) is 38.4 Å². The fourth-order valence-electron chi connectivity index (χ4n) is 2.38. The van der Waals surface area contributed by atoms with E-state index in [1.807, 2.05) is 49.4 Å². The molecule has 22 heavy (non-hydrogen) atoms. The Morgan fingerprint density at radius 2 is 1.64 bits per heavy atom. The lowest BCUT2D eigenvalue weighted by atomic mass is 9.97. The summed E-state index contributed by atoms with van der Waals surface area (Å²) in [6.07, 6.45) is -0.448. The maximum Gasteiger partial charge on any atom is 0.193 e. The standard InChI is InChI=1S/C19H22O3/c1-14-10-12-16(13-11-14)18(21)19(22)17(20)9-5-8-15-6-3-2-4-7-15/h2-4,6-7,10-13,17,19-20,22H,5,8-9H2,1H3/t17-,19-/m1/s1. The second kappa shape index (κ2) is 7.87. The lowest BCUT2D eigenvalue weighted by Gasteiger charge is -2.17. The highest BCUT2D eigenvalue weighted by Crippen LogP contribution is 2.13. The molecule has 2 atom stereocenters. The quantitative estimate of drug-likeness (QED) is 0.773. The minimum Gasteiger partial charge on any atom is -0.390 e. The van der Waals surface area contributed by atoms with Crippen LogP contribution in [0, 0.1) is 6.92 Å². The maximum atomic E-state index is 12.1. The summed E-state index contributed by atoms with van der Waals surface area (Å²) in [5.41, 5.74) is 2.67. The Kier molecular flexibility index (Phi) is 5.87. The number of aliphatic hydroxyl groups excluding tert-OH is 2. The summed E-state index contributed by atoms with van der Waals surface area (Å²) in [5, 5.41) is 20.0. The fourth-order valence-corrected chi connectivity index (χ4v) is 2.38. The van der Waals surface area contributed by atoms with Gasteiger partial charge in [-0.3, -0.25) is 4.79 Å². The first-order chi connectivity index (χ1) is 10.6. The van der Waals surface area contributed by atoms with E-state index in [0.29, 0.717) is 12.0 Å². The predicted molar refractivity (Wildman–Crippen MR) is 86.9 cm³/mol. The lowest BCUT2D eigenvalue weighted by molar-refractivity contribution is 0.0171. The van der Waals surface area contributed by atoms with Crippen LogP contribution in [-0.4, -0.2) is 28.2 Å². The average molecular weight is 298 g/mol. The number of carbonyl (C=O) groups is 1. The molecule has 0 unspecified atom stereocenters. The summed E-state index contributed by atoms with van der Waals surface area (Å²) in [4.78, 5) is 12.1. The van der Waals surface area contributed by atoms with Crippen molar-refractivity contribution in [3.05, 3.63) is 71.3 Å². The summed E-state index contributed by atoms with van der Waals surface area (Å²) in [6, 6.07) is 17.0. The van der Waals surface area contributed by atoms with Crippen LogP contribution in [0.1, 0.15) is 34.3 Å². The van der Waals surface area contributed by atoms with Gasteiger partial charge in [0.2, 0.25) is 0 Å². The van der Waals surface area contributed by atoms with E-state index in [1.54, 1.807) is 12.1 Å². The average Bonchev–Trinajstić information content (AvgIpc) is 2.55. The van der Waals surface area contributed by atoms with Crippen molar-refractivity contribution in [2.24, 2.45) is 0 Å². The van der Waals surface area contributed by atoms with Crippen LogP contribution in [0.15, 0.2) is 54.6 Å². The zero-order valence-electron chi connectivity index (χ0n) is 12.8. The van der Waals surface area contributed by atoms with E-state index >= 15 is 0 Å². The summed E-state index contributed by atoms with van der Waals surface area (Å²) >= 11 is 0. The molecule has 2 rings (SSSR count). The molecule has 0 saturated heterocycles. The zero-order chi connectivity index (χ0) is 15.9. The van der Waals surface area contributed by atoms with Gasteiger partial charge in [0.05, 0.1) is 6.10 Å². The smallest absolute Gasteiger partial charge is 0.193 e. The van der Waals surface area contributed by atoms with Gasteiger partial charge in [-0.15, -0.1) is 0 Å². The van der Waals surface area contributed by atoms with Crippen LogP contribution < -0.4 is 0 Å². The topological polar surface area (TPSA) is 57.5 Å². The second-order valence-corrected chi connectivity index (χ2v) is 5.62. The Bertz CT molecular complexity index is 590. The van der Waals surface area contributed by atoms with Crippen molar-refractivity contribution in [1.29, 1.82) is 0 Å². The van der Waals surface area contributed by atoms with Crippen molar-refractivity contribution in [3.63, 3.8) is 0 Å². The van der Waals surface area contributed by atoms with Gasteiger partial charge in [0.25, 0.3) is 0 Å². The molecular formula is C19H22O3. The fraction of sp³-hybridized carbons (Fsp3) is 0.316. The number of aliphatic hydroxyl groups is 2. The molecule has 116 valence electrons. The summed E-state index contributed by atoms with van der Waals surface area (Å²) in [7, 11) is 0. The van der Waals surface area contributed by atoms with Gasteiger partial charge in [0.15, 0.2) is 5.78 Å². The highest BCUT2D eigenvalue weighted by Gasteiger charge is 2.24. The van der Waals surface area contributed by atoms with Crippen LogP contribution in [-0.2, 0) is 6.42 Å². The van der Waals surface area contributed by atoms with Crippen LogP contribution in [0.2, 0.25) is 0 Å². The van der Waals surface area contributed by atoms with Crippen molar-refractivity contribution >= 4 is 5.78 Å². The zero-order valence-corrected chi connectivity index (χ0v) is 12.8. The van der Waals surface area contributed by atoms with Gasteiger partial charge >= 0.3 is 0 Å². The van der Waals surface area contributed by atoms with Crippen molar-refractivity contribution in [2.75, 3.05) is 0 Å². The van der Waals surface area contributed by atoms with E-state index in [-0.39, 0.29) is 0 Å². The monoisotopic (exact) mass is 298 g/mol. The van der Waals surface area contributed by atoms with E-state index in [0.717, 1.165) is 18.4 Å². The Balaban J connectivity index is 1.84. The van der Waals surface area contributed by atoms with E-state index < -0.39 is 18.0 Å². The molecule has 0 saturated carbocycles. The van der Waals surface area contributed by atoms with Crippen LogP contribution in [0.3, 0.4) is 0 Å². The molecule has 2 aromatic rings. The highest BCUT2D eigenvalue weighted by atomic mass is 16.3. The van der Waals surface area contributed by atoms with Gasteiger partial charge in [-0.1, -0.05) is 60.2 Å². The number of hydrogen-bond acceptors (Lipinski definition) is 3. The van der Waals surface area contributed by atoms with Crippen LogP contribution in [0.4, 0.5) is 0 Å². The van der Waals surface area contributed by atoms with Crippen molar-refractivity contribution in [3.8, 4) is 0 Å². The van der Waals surface area contributed by atoms with Gasteiger partial charge in [-0.25, -0.2) is 0 Å². The second-order valence-electron chi connectivity index (χ2n) is 5.62. The molecule has 0 spiro atoms. The Hall–Kier alpha value is -1.97. The summed E-state index contributed by atoms with van der Waals surface area (Å²) in [6.45, 7) is 1.93. The number of hydrogen-bond donors (Lipinski definition) is 2. The molecule has 0 heterocycles. The molecule has 3 nitrogen and oxygen atoms in total. The number of aryl methyl sites for hydroxylation is 2. The van der Waals surface area contributed by atoms with Crippen LogP contribution >= 0.6 is 0 Å². The molecule has 0 aliphatic heterocycles. The minimum atomic E-state index is -1.36. The molecule has 0 amide bonds. The molecule has 0 radical (unpaired) electrons. The molecule has 0 bridgehead atoms. The number of rotatable bonds is 7. The van der Waals surface area contributed by atoms with Gasteiger partial charge in [-0.2, -0.15) is 0 Å². The molecule has 2 N–H and O–H groups in total. The van der Waals surface area contributed by atoms with E-state index in [9.17, 15) is 15.0 Å². The van der Waals surface area contributed by atoms with Gasteiger partial charge in [0.1, 0.15) is 6.10 Å². The molecule has 2 aromatic carbocycles. The van der Waals surface area contributed by atoms with Gasteiger partial charge in [-0.05, 0) is 31.7 Å². The number of ketones is 1. The maximum absolute atomic E-state index is 12.1. The molecule has 0 fully saturated rings. The largest absolute Gasteiger partial charge is 0.390 e. The first-order valence-corrected chi connectivity index (χ1v) is 7.59. The van der Waals surface area contributed by atoms with E-state index in [1.165, 1.54) is 5.56 Å². The van der Waals surface area contributed by atoms with Crippen LogP contribution in [0.25, 0.3) is 0 Å². The predicted octanol–water partition coefficient (Wildman–Crippen LogP) is 2.92. The third-order valence-corrected chi connectivity index (χ3v) is 3.78.